The van der Waals surface area contributed by atoms with Gasteiger partial charge in [0.25, 0.3) is 5.91 Å². The summed E-state index contributed by atoms with van der Waals surface area (Å²) in [6.07, 6.45) is 4.73. The molecule has 0 saturated heterocycles. The maximum Gasteiger partial charge on any atom is 0.269 e. The minimum atomic E-state index is -0.665. The average molecular weight is 441 g/mol. The van der Waals surface area contributed by atoms with Gasteiger partial charge in [0.2, 0.25) is 6.10 Å². The highest BCUT2D eigenvalue weighted by Gasteiger charge is 2.32. The fourth-order valence-corrected chi connectivity index (χ4v) is 5.19. The molecular weight excluding hydrogens is 420 g/mol. The Kier molecular flexibility index (Phi) is 5.08. The summed E-state index contributed by atoms with van der Waals surface area (Å²) >= 11 is 7.44. The molecule has 6 nitrogen and oxygen atoms in total. The standard InChI is InChI=1S/C22H21ClN4O2S/c1-13-12-24-27(17-8-4-6-14-5-2-3-7-15(14)17)21(13)25-22(28)18-11-16(26-29-18)19-9-10-20(23)30-19/h2-3,5,7,9-10,12,17-18H,4,6,8,11H2,1H3,(H,25,28). The third-order valence-corrected chi connectivity index (χ3v) is 6.95. The maximum absolute atomic E-state index is 13.0. The minimum absolute atomic E-state index is 0.114. The van der Waals surface area contributed by atoms with Crippen LogP contribution in [0.4, 0.5) is 5.82 Å². The summed E-state index contributed by atoms with van der Waals surface area (Å²) in [7, 11) is 0. The minimum Gasteiger partial charge on any atom is -0.382 e. The zero-order valence-electron chi connectivity index (χ0n) is 16.5. The Morgan fingerprint density at radius 2 is 2.17 bits per heavy atom. The van der Waals surface area contributed by atoms with Gasteiger partial charge in [-0.1, -0.05) is 41.0 Å². The van der Waals surface area contributed by atoms with E-state index in [-0.39, 0.29) is 11.9 Å². The molecule has 8 heteroatoms. The summed E-state index contributed by atoms with van der Waals surface area (Å²) in [5.74, 6) is 0.503. The molecule has 2 atom stereocenters. The number of amides is 1. The van der Waals surface area contributed by atoms with Crippen LogP contribution in [-0.2, 0) is 16.1 Å². The lowest BCUT2D eigenvalue weighted by atomic mass is 9.88. The van der Waals surface area contributed by atoms with Gasteiger partial charge in [0.1, 0.15) is 11.5 Å². The number of aryl methyl sites for hydroxylation is 2. The fraction of sp³-hybridized carbons (Fsp3) is 0.318. The molecule has 30 heavy (non-hydrogen) atoms. The second-order valence-electron chi connectivity index (χ2n) is 7.66. The number of fused-ring (bicyclic) bond motifs is 1. The number of carbonyl (C=O) groups excluding carboxylic acids is 1. The predicted molar refractivity (Wildman–Crippen MR) is 118 cm³/mol. The molecule has 1 aliphatic heterocycles. The van der Waals surface area contributed by atoms with Gasteiger partial charge in [-0.05, 0) is 49.4 Å². The number of oxime groups is 1. The first-order chi connectivity index (χ1) is 14.6. The van der Waals surface area contributed by atoms with Crippen LogP contribution in [0.3, 0.4) is 0 Å². The summed E-state index contributed by atoms with van der Waals surface area (Å²) in [5, 5.41) is 11.8. The molecule has 0 fully saturated rings. The lowest BCUT2D eigenvalue weighted by Crippen LogP contribution is -2.30. The molecule has 0 bridgehead atoms. The van der Waals surface area contributed by atoms with E-state index in [9.17, 15) is 4.79 Å². The number of benzene rings is 1. The Bertz CT molecular complexity index is 1140. The molecule has 0 radical (unpaired) electrons. The summed E-state index contributed by atoms with van der Waals surface area (Å²) in [4.78, 5) is 19.3. The maximum atomic E-state index is 13.0. The van der Waals surface area contributed by atoms with Crippen molar-refractivity contribution in [1.82, 2.24) is 9.78 Å². The van der Waals surface area contributed by atoms with Gasteiger partial charge >= 0.3 is 0 Å². The normalized spacial score (nSPS) is 20.4. The van der Waals surface area contributed by atoms with E-state index in [1.54, 1.807) is 6.20 Å². The zero-order valence-corrected chi connectivity index (χ0v) is 18.0. The van der Waals surface area contributed by atoms with Gasteiger partial charge in [0, 0.05) is 12.0 Å². The van der Waals surface area contributed by atoms with E-state index in [0.29, 0.717) is 10.8 Å². The summed E-state index contributed by atoms with van der Waals surface area (Å²) in [5.41, 5.74) is 4.31. The molecule has 5 rings (SSSR count). The Balaban J connectivity index is 1.35. The first-order valence-electron chi connectivity index (χ1n) is 10.0. The van der Waals surface area contributed by atoms with Crippen molar-refractivity contribution in [3.8, 4) is 0 Å². The van der Waals surface area contributed by atoms with Crippen molar-refractivity contribution >= 4 is 40.4 Å². The molecule has 1 N–H and O–H groups in total. The number of aromatic nitrogens is 2. The predicted octanol–water partition coefficient (Wildman–Crippen LogP) is 4.96. The monoisotopic (exact) mass is 440 g/mol. The Morgan fingerprint density at radius 1 is 1.30 bits per heavy atom. The largest absolute Gasteiger partial charge is 0.382 e. The second kappa shape index (κ2) is 7.89. The van der Waals surface area contributed by atoms with E-state index in [1.807, 2.05) is 23.7 Å². The van der Waals surface area contributed by atoms with Crippen LogP contribution < -0.4 is 5.32 Å². The summed E-state index contributed by atoms with van der Waals surface area (Å²) in [6.45, 7) is 1.96. The van der Waals surface area contributed by atoms with Crippen molar-refractivity contribution < 1.29 is 9.63 Å². The van der Waals surface area contributed by atoms with E-state index < -0.39 is 6.10 Å². The second-order valence-corrected chi connectivity index (χ2v) is 9.37. The lowest BCUT2D eigenvalue weighted by Gasteiger charge is -2.27. The molecule has 1 aromatic carbocycles. The number of nitrogens with zero attached hydrogens (tertiary/aromatic N) is 3. The third-order valence-electron chi connectivity index (χ3n) is 5.67. The molecule has 2 aromatic heterocycles. The Morgan fingerprint density at radius 3 is 3.00 bits per heavy atom. The van der Waals surface area contributed by atoms with Crippen molar-refractivity contribution in [1.29, 1.82) is 0 Å². The van der Waals surface area contributed by atoms with Gasteiger partial charge in [0.05, 0.1) is 21.5 Å². The van der Waals surface area contributed by atoms with Crippen molar-refractivity contribution in [2.75, 3.05) is 5.32 Å². The average Bonchev–Trinajstić information content (AvgIpc) is 3.49. The van der Waals surface area contributed by atoms with Gasteiger partial charge in [0.15, 0.2) is 0 Å². The smallest absolute Gasteiger partial charge is 0.269 e. The molecule has 3 aromatic rings. The molecular formula is C22H21ClN4O2S. The molecule has 2 aliphatic rings. The zero-order chi connectivity index (χ0) is 20.7. The van der Waals surface area contributed by atoms with Crippen LogP contribution in [0.15, 0.2) is 47.8 Å². The Labute approximate surface area is 183 Å². The first kappa shape index (κ1) is 19.3. The number of anilines is 1. The molecule has 1 aliphatic carbocycles. The molecule has 1 amide bonds. The highest BCUT2D eigenvalue weighted by atomic mass is 35.5. The van der Waals surface area contributed by atoms with Crippen LogP contribution in [0.1, 0.15) is 46.9 Å². The van der Waals surface area contributed by atoms with Gasteiger partial charge < -0.3 is 10.2 Å². The quantitative estimate of drug-likeness (QED) is 0.623. The van der Waals surface area contributed by atoms with Crippen LogP contribution in [0.25, 0.3) is 0 Å². The number of carbonyl (C=O) groups is 1. The highest BCUT2D eigenvalue weighted by Crippen LogP contribution is 2.35. The van der Waals surface area contributed by atoms with Gasteiger partial charge in [-0.2, -0.15) is 5.10 Å². The topological polar surface area (TPSA) is 68.5 Å². The van der Waals surface area contributed by atoms with Crippen LogP contribution in [0.2, 0.25) is 4.34 Å². The van der Waals surface area contributed by atoms with Gasteiger partial charge in [-0.15, -0.1) is 11.3 Å². The number of thiophene rings is 1. The van der Waals surface area contributed by atoms with E-state index >= 15 is 0 Å². The first-order valence-corrected chi connectivity index (χ1v) is 11.2. The van der Waals surface area contributed by atoms with Crippen LogP contribution >= 0.6 is 22.9 Å². The molecule has 3 heterocycles. The van der Waals surface area contributed by atoms with Crippen molar-refractivity contribution in [3.63, 3.8) is 0 Å². The number of nitrogens with one attached hydrogen (secondary N) is 1. The summed E-state index contributed by atoms with van der Waals surface area (Å²) < 4.78 is 2.63. The van der Waals surface area contributed by atoms with Gasteiger partial charge in [-0.25, -0.2) is 4.68 Å². The van der Waals surface area contributed by atoms with E-state index in [4.69, 9.17) is 16.4 Å². The SMILES string of the molecule is Cc1cnn(C2CCCc3ccccc32)c1NC(=O)C1CC(c2ccc(Cl)s2)=NO1. The Hall–Kier alpha value is -2.64. The van der Waals surface area contributed by atoms with Gasteiger partial charge in [-0.3, -0.25) is 4.79 Å². The fourth-order valence-electron chi connectivity index (χ4n) is 4.15. The van der Waals surface area contributed by atoms with Crippen LogP contribution in [0, 0.1) is 6.92 Å². The molecule has 2 unspecified atom stereocenters. The molecule has 0 spiro atoms. The van der Waals surface area contributed by atoms with Crippen molar-refractivity contribution in [2.24, 2.45) is 5.16 Å². The van der Waals surface area contributed by atoms with E-state index in [2.05, 4.69) is 39.8 Å². The lowest BCUT2D eigenvalue weighted by molar-refractivity contribution is -0.125. The number of hydrogen-bond donors (Lipinski definition) is 1. The van der Waals surface area contributed by atoms with E-state index in [1.165, 1.54) is 22.5 Å². The van der Waals surface area contributed by atoms with Crippen molar-refractivity contribution in [2.45, 2.75) is 44.8 Å². The van der Waals surface area contributed by atoms with Crippen molar-refractivity contribution in [3.05, 3.63) is 68.5 Å². The number of rotatable bonds is 4. The third kappa shape index (κ3) is 3.52. The molecule has 154 valence electrons. The van der Waals surface area contributed by atoms with Crippen LogP contribution in [-0.4, -0.2) is 27.5 Å². The summed E-state index contributed by atoms with van der Waals surface area (Å²) in [6, 6.07) is 12.3. The van der Waals surface area contributed by atoms with E-state index in [0.717, 1.165) is 41.2 Å². The molecule has 0 saturated carbocycles. The van der Waals surface area contributed by atoms with Crippen LogP contribution in [0.5, 0.6) is 0 Å². The number of halogens is 1. The number of hydrogen-bond acceptors (Lipinski definition) is 5. The highest BCUT2D eigenvalue weighted by molar-refractivity contribution is 7.18.